The van der Waals surface area contributed by atoms with Crippen molar-refractivity contribution in [1.82, 2.24) is 24.3 Å². The van der Waals surface area contributed by atoms with Gasteiger partial charge in [0, 0.05) is 44.6 Å². The molecule has 2 aliphatic rings. The normalized spacial score (nSPS) is 18.8. The summed E-state index contributed by atoms with van der Waals surface area (Å²) in [5, 5.41) is 0. The summed E-state index contributed by atoms with van der Waals surface area (Å²) >= 11 is 0. The zero-order valence-corrected chi connectivity index (χ0v) is 15.1. The number of alkyl halides is 3. The first-order valence-corrected chi connectivity index (χ1v) is 9.36. The summed E-state index contributed by atoms with van der Waals surface area (Å²) in [4.78, 5) is 17.8. The lowest BCUT2D eigenvalue weighted by molar-refractivity contribution is -0.137. The molecule has 4 heterocycles. The second-order valence-corrected chi connectivity index (χ2v) is 7.28. The van der Waals surface area contributed by atoms with E-state index in [1.165, 1.54) is 29.5 Å². The maximum atomic E-state index is 13.1. The smallest absolute Gasteiger partial charge is 0.354 e. The van der Waals surface area contributed by atoms with Crippen molar-refractivity contribution in [2.45, 2.75) is 25.1 Å². The molecule has 146 valence electrons. The van der Waals surface area contributed by atoms with Gasteiger partial charge in [-0.05, 0) is 31.0 Å². The van der Waals surface area contributed by atoms with E-state index in [0.717, 1.165) is 50.3 Å². The van der Waals surface area contributed by atoms with E-state index in [1.54, 1.807) is 6.20 Å². The van der Waals surface area contributed by atoms with Crippen LogP contribution in [0.25, 0.3) is 17.2 Å². The first-order chi connectivity index (χ1) is 13.5. The monoisotopic (exact) mass is 388 g/mol. The van der Waals surface area contributed by atoms with E-state index < -0.39 is 11.7 Å². The molecule has 0 bridgehead atoms. The van der Waals surface area contributed by atoms with Gasteiger partial charge in [0.1, 0.15) is 17.2 Å². The van der Waals surface area contributed by atoms with Crippen LogP contribution in [0.2, 0.25) is 0 Å². The molecule has 1 saturated heterocycles. The van der Waals surface area contributed by atoms with E-state index in [0.29, 0.717) is 17.2 Å². The minimum atomic E-state index is -4.42. The molecule has 0 N–H and O–H groups in total. The van der Waals surface area contributed by atoms with Crippen molar-refractivity contribution in [1.29, 1.82) is 0 Å². The summed E-state index contributed by atoms with van der Waals surface area (Å²) in [5.74, 6) is 1.16. The van der Waals surface area contributed by atoms with Crippen molar-refractivity contribution in [3.05, 3.63) is 42.4 Å². The summed E-state index contributed by atoms with van der Waals surface area (Å²) < 4.78 is 40.6. The SMILES string of the molecule is FC(F)(F)c1ccc2ncc(-c3nccc(N4CCN(C5CC5)CC4)n3)n2c1. The van der Waals surface area contributed by atoms with Gasteiger partial charge in [-0.3, -0.25) is 9.30 Å². The van der Waals surface area contributed by atoms with Crippen LogP contribution in [0.15, 0.2) is 36.8 Å². The number of rotatable bonds is 3. The number of fused-ring (bicyclic) bond motifs is 1. The highest BCUT2D eigenvalue weighted by molar-refractivity contribution is 5.59. The highest BCUT2D eigenvalue weighted by atomic mass is 19.4. The zero-order chi connectivity index (χ0) is 19.3. The van der Waals surface area contributed by atoms with Gasteiger partial charge in [-0.1, -0.05) is 0 Å². The minimum absolute atomic E-state index is 0.369. The van der Waals surface area contributed by atoms with Crippen molar-refractivity contribution in [2.24, 2.45) is 0 Å². The Kier molecular flexibility index (Phi) is 4.01. The molecule has 9 heteroatoms. The molecule has 0 radical (unpaired) electrons. The third-order valence-corrected chi connectivity index (χ3v) is 5.40. The Hall–Kier alpha value is -2.68. The Bertz CT molecular complexity index is 1000. The Morgan fingerprint density at radius 3 is 2.46 bits per heavy atom. The molecular weight excluding hydrogens is 369 g/mol. The van der Waals surface area contributed by atoms with Gasteiger partial charge in [0.15, 0.2) is 5.82 Å². The van der Waals surface area contributed by atoms with Crippen LogP contribution >= 0.6 is 0 Å². The van der Waals surface area contributed by atoms with Crippen LogP contribution in [-0.4, -0.2) is 56.5 Å². The molecular formula is C19H19F3N6. The summed E-state index contributed by atoms with van der Waals surface area (Å²) in [6, 6.07) is 4.99. The zero-order valence-electron chi connectivity index (χ0n) is 15.1. The van der Waals surface area contributed by atoms with Crippen LogP contribution in [0.3, 0.4) is 0 Å². The molecule has 0 aromatic carbocycles. The molecule has 3 aromatic rings. The number of halogens is 3. The van der Waals surface area contributed by atoms with Crippen LogP contribution in [-0.2, 0) is 6.18 Å². The Morgan fingerprint density at radius 2 is 1.75 bits per heavy atom. The van der Waals surface area contributed by atoms with Gasteiger partial charge in [0.05, 0.1) is 11.8 Å². The first-order valence-electron chi connectivity index (χ1n) is 9.36. The van der Waals surface area contributed by atoms with Gasteiger partial charge in [0.25, 0.3) is 0 Å². The molecule has 1 aliphatic carbocycles. The summed E-state index contributed by atoms with van der Waals surface area (Å²) in [7, 11) is 0. The van der Waals surface area contributed by atoms with Crippen LogP contribution in [0.4, 0.5) is 19.0 Å². The van der Waals surface area contributed by atoms with Crippen molar-refractivity contribution in [2.75, 3.05) is 31.1 Å². The summed E-state index contributed by atoms with van der Waals surface area (Å²) in [6.45, 7) is 3.79. The maximum absolute atomic E-state index is 13.1. The predicted molar refractivity (Wildman–Crippen MR) is 98.0 cm³/mol. The quantitative estimate of drug-likeness (QED) is 0.690. The molecule has 28 heavy (non-hydrogen) atoms. The van der Waals surface area contributed by atoms with Gasteiger partial charge in [-0.2, -0.15) is 13.2 Å². The Balaban J connectivity index is 1.44. The summed E-state index contributed by atoms with van der Waals surface area (Å²) in [6.07, 6.45) is 2.39. The average molecular weight is 388 g/mol. The molecule has 0 amide bonds. The molecule has 1 aliphatic heterocycles. The number of piperazine rings is 1. The largest absolute Gasteiger partial charge is 0.417 e. The molecule has 5 rings (SSSR count). The van der Waals surface area contributed by atoms with Crippen LogP contribution < -0.4 is 4.90 Å². The fourth-order valence-corrected chi connectivity index (χ4v) is 3.72. The van der Waals surface area contributed by atoms with Gasteiger partial charge >= 0.3 is 6.18 Å². The van der Waals surface area contributed by atoms with Crippen LogP contribution in [0, 0.1) is 0 Å². The van der Waals surface area contributed by atoms with Crippen LogP contribution in [0.1, 0.15) is 18.4 Å². The third-order valence-electron chi connectivity index (χ3n) is 5.40. The second kappa shape index (κ2) is 6.44. The second-order valence-electron chi connectivity index (χ2n) is 7.28. The lowest BCUT2D eigenvalue weighted by Crippen LogP contribution is -2.47. The molecule has 0 spiro atoms. The van der Waals surface area contributed by atoms with Crippen molar-refractivity contribution < 1.29 is 13.2 Å². The standard InChI is InChI=1S/C19H19F3N6/c20-19(21,22)13-1-4-16-24-11-15(28(16)12-13)18-23-6-5-17(25-18)27-9-7-26(8-10-27)14-2-3-14/h1,4-6,11-12,14H,2-3,7-10H2. The maximum Gasteiger partial charge on any atom is 0.417 e. The lowest BCUT2D eigenvalue weighted by Gasteiger charge is -2.35. The number of nitrogens with zero attached hydrogens (tertiary/aromatic N) is 6. The molecule has 6 nitrogen and oxygen atoms in total. The van der Waals surface area contributed by atoms with Gasteiger partial charge in [0.2, 0.25) is 0 Å². The van der Waals surface area contributed by atoms with Crippen molar-refractivity contribution in [3.63, 3.8) is 0 Å². The fourth-order valence-electron chi connectivity index (χ4n) is 3.72. The number of anilines is 1. The highest BCUT2D eigenvalue weighted by Crippen LogP contribution is 2.31. The van der Waals surface area contributed by atoms with E-state index in [2.05, 4.69) is 24.8 Å². The fraction of sp³-hybridized carbons (Fsp3) is 0.421. The van der Waals surface area contributed by atoms with Crippen LogP contribution in [0.5, 0.6) is 0 Å². The topological polar surface area (TPSA) is 49.6 Å². The van der Waals surface area contributed by atoms with E-state index in [9.17, 15) is 13.2 Å². The van der Waals surface area contributed by atoms with Gasteiger partial charge < -0.3 is 4.90 Å². The minimum Gasteiger partial charge on any atom is -0.354 e. The number of hydrogen-bond acceptors (Lipinski definition) is 5. The van der Waals surface area contributed by atoms with Gasteiger partial charge in [-0.25, -0.2) is 15.0 Å². The number of pyridine rings is 1. The van der Waals surface area contributed by atoms with E-state index >= 15 is 0 Å². The lowest BCUT2D eigenvalue weighted by atomic mass is 10.2. The average Bonchev–Trinajstić information content (AvgIpc) is 3.46. The van der Waals surface area contributed by atoms with Crippen molar-refractivity contribution >= 4 is 11.5 Å². The molecule has 2 fully saturated rings. The van der Waals surface area contributed by atoms with E-state index in [4.69, 9.17) is 0 Å². The van der Waals surface area contributed by atoms with Gasteiger partial charge in [-0.15, -0.1) is 0 Å². The summed E-state index contributed by atoms with van der Waals surface area (Å²) in [5.41, 5.74) is 0.140. The predicted octanol–water partition coefficient (Wildman–Crippen LogP) is 3.09. The molecule has 0 unspecified atom stereocenters. The van der Waals surface area contributed by atoms with E-state index in [1.807, 2.05) is 6.07 Å². The number of hydrogen-bond donors (Lipinski definition) is 0. The first kappa shape index (κ1) is 17.4. The molecule has 3 aromatic heterocycles. The molecule has 0 atom stereocenters. The van der Waals surface area contributed by atoms with Crippen molar-refractivity contribution in [3.8, 4) is 11.5 Å². The Labute approximate surface area is 159 Å². The molecule has 1 saturated carbocycles. The third kappa shape index (κ3) is 3.19. The highest BCUT2D eigenvalue weighted by Gasteiger charge is 2.32. The number of imidazole rings is 1. The number of aromatic nitrogens is 4. The Morgan fingerprint density at radius 1 is 0.964 bits per heavy atom. The van der Waals surface area contributed by atoms with E-state index in [-0.39, 0.29) is 0 Å².